The second kappa shape index (κ2) is 5.16. The Morgan fingerprint density at radius 2 is 1.94 bits per heavy atom. The van der Waals surface area contributed by atoms with Gasteiger partial charge in [-0.3, -0.25) is 0 Å². The van der Waals surface area contributed by atoms with Crippen LogP contribution in [-0.4, -0.2) is 0 Å². The van der Waals surface area contributed by atoms with Crippen molar-refractivity contribution in [2.45, 2.75) is 11.8 Å². The number of hydrogen-bond acceptors (Lipinski definition) is 1. The number of benzene rings is 1. The Bertz CT molecular complexity index is 551. The van der Waals surface area contributed by atoms with Crippen LogP contribution < -0.4 is 0 Å². The number of aryl methyl sites for hydroxylation is 1. The van der Waals surface area contributed by atoms with Crippen LogP contribution in [0.5, 0.6) is 0 Å². The summed E-state index contributed by atoms with van der Waals surface area (Å²) in [6, 6.07) is 4.37. The number of hydrogen-bond donors (Lipinski definition) is 0. The fraction of sp³-hybridized carbons (Fsp3) is 0.167. The molecule has 1 heterocycles. The fourth-order valence-corrected chi connectivity index (χ4v) is 4.32. The van der Waals surface area contributed by atoms with Gasteiger partial charge in [0.15, 0.2) is 0 Å². The van der Waals surface area contributed by atoms with Gasteiger partial charge in [-0.25, -0.2) is 8.78 Å². The highest BCUT2D eigenvalue weighted by atomic mass is 79.9. The lowest BCUT2D eigenvalue weighted by Gasteiger charge is -2.11. The third-order valence-electron chi connectivity index (χ3n) is 2.43. The van der Waals surface area contributed by atoms with Crippen LogP contribution in [-0.2, 0) is 0 Å². The van der Waals surface area contributed by atoms with Gasteiger partial charge in [0, 0.05) is 21.0 Å². The molecule has 0 saturated carbocycles. The van der Waals surface area contributed by atoms with E-state index in [1.165, 1.54) is 17.4 Å². The zero-order chi connectivity index (χ0) is 12.6. The molecule has 17 heavy (non-hydrogen) atoms. The predicted molar refractivity (Wildman–Crippen MR) is 73.9 cm³/mol. The van der Waals surface area contributed by atoms with Crippen LogP contribution in [0, 0.1) is 18.6 Å². The molecule has 0 fully saturated rings. The largest absolute Gasteiger partial charge is 0.207 e. The van der Waals surface area contributed by atoms with Crippen molar-refractivity contribution in [3.63, 3.8) is 0 Å². The van der Waals surface area contributed by atoms with Gasteiger partial charge in [0.2, 0.25) is 0 Å². The average molecular weight is 382 g/mol. The number of alkyl halides is 1. The molecule has 1 atom stereocenters. The van der Waals surface area contributed by atoms with Crippen molar-refractivity contribution >= 4 is 43.2 Å². The van der Waals surface area contributed by atoms with E-state index in [1.54, 1.807) is 6.92 Å². The van der Waals surface area contributed by atoms with Crippen molar-refractivity contribution in [1.29, 1.82) is 0 Å². The molecule has 2 rings (SSSR count). The van der Waals surface area contributed by atoms with Crippen LogP contribution in [0.25, 0.3) is 0 Å². The topological polar surface area (TPSA) is 0 Å². The summed E-state index contributed by atoms with van der Waals surface area (Å²) >= 11 is 8.37. The Hall–Kier alpha value is -0.260. The molecule has 1 aromatic carbocycles. The molecule has 0 bridgehead atoms. The molecular formula is C12H8Br2F2S. The lowest BCUT2D eigenvalue weighted by atomic mass is 10.1. The Morgan fingerprint density at radius 3 is 2.53 bits per heavy atom. The Morgan fingerprint density at radius 1 is 1.24 bits per heavy atom. The lowest BCUT2D eigenvalue weighted by molar-refractivity contribution is 0.569. The Balaban J connectivity index is 2.48. The van der Waals surface area contributed by atoms with E-state index in [0.717, 1.165) is 15.4 Å². The minimum absolute atomic E-state index is 0.267. The van der Waals surface area contributed by atoms with Gasteiger partial charge in [0.25, 0.3) is 0 Å². The molecule has 90 valence electrons. The quantitative estimate of drug-likeness (QED) is 0.595. The van der Waals surface area contributed by atoms with Crippen LogP contribution >= 0.6 is 43.2 Å². The molecule has 0 aliphatic rings. The normalized spacial score (nSPS) is 12.8. The van der Waals surface area contributed by atoms with Gasteiger partial charge in [-0.15, -0.1) is 11.3 Å². The van der Waals surface area contributed by atoms with E-state index < -0.39 is 11.6 Å². The summed E-state index contributed by atoms with van der Waals surface area (Å²) in [6.45, 7) is 1.63. The highest BCUT2D eigenvalue weighted by Crippen LogP contribution is 2.40. The van der Waals surface area contributed by atoms with Gasteiger partial charge in [-0.2, -0.15) is 0 Å². The standard InChI is InChI=1S/C12H8Br2F2S/c1-6-4-7(10(16)5-9(6)15)11(14)12-8(13)2-3-17-12/h2-5,11H,1H3. The van der Waals surface area contributed by atoms with Gasteiger partial charge >= 0.3 is 0 Å². The first-order valence-electron chi connectivity index (χ1n) is 4.83. The minimum Gasteiger partial charge on any atom is -0.207 e. The smallest absolute Gasteiger partial charge is 0.130 e. The monoisotopic (exact) mass is 380 g/mol. The first kappa shape index (κ1) is 13.2. The Kier molecular flexibility index (Phi) is 4.00. The zero-order valence-corrected chi connectivity index (χ0v) is 12.8. The van der Waals surface area contributed by atoms with Crippen LogP contribution in [0.3, 0.4) is 0 Å². The van der Waals surface area contributed by atoms with E-state index in [4.69, 9.17) is 0 Å². The van der Waals surface area contributed by atoms with Crippen molar-refractivity contribution in [2.75, 3.05) is 0 Å². The maximum absolute atomic E-state index is 13.7. The summed E-state index contributed by atoms with van der Waals surface area (Å²) in [5.74, 6) is -1.05. The van der Waals surface area contributed by atoms with Crippen LogP contribution in [0.4, 0.5) is 8.78 Å². The molecule has 0 spiro atoms. The molecular weight excluding hydrogens is 374 g/mol. The molecule has 1 unspecified atom stereocenters. The van der Waals surface area contributed by atoms with Crippen LogP contribution in [0.15, 0.2) is 28.1 Å². The molecule has 0 N–H and O–H groups in total. The molecule has 0 saturated heterocycles. The van der Waals surface area contributed by atoms with Crippen molar-refractivity contribution in [3.8, 4) is 0 Å². The molecule has 0 nitrogen and oxygen atoms in total. The number of rotatable bonds is 2. The van der Waals surface area contributed by atoms with E-state index in [-0.39, 0.29) is 4.83 Å². The van der Waals surface area contributed by atoms with Gasteiger partial charge in [0.05, 0.1) is 4.83 Å². The molecule has 0 radical (unpaired) electrons. The maximum Gasteiger partial charge on any atom is 0.130 e. The lowest BCUT2D eigenvalue weighted by Crippen LogP contribution is -1.98. The van der Waals surface area contributed by atoms with Crippen molar-refractivity contribution < 1.29 is 8.78 Å². The SMILES string of the molecule is Cc1cc(C(Br)c2sccc2Br)c(F)cc1F. The molecule has 0 aliphatic heterocycles. The second-order valence-electron chi connectivity index (χ2n) is 3.62. The first-order valence-corrected chi connectivity index (χ1v) is 7.42. The van der Waals surface area contributed by atoms with Gasteiger partial charge < -0.3 is 0 Å². The second-order valence-corrected chi connectivity index (χ2v) is 6.34. The first-order chi connectivity index (χ1) is 8.00. The van der Waals surface area contributed by atoms with E-state index >= 15 is 0 Å². The highest BCUT2D eigenvalue weighted by Gasteiger charge is 2.19. The third kappa shape index (κ3) is 2.61. The molecule has 2 aromatic rings. The summed E-state index contributed by atoms with van der Waals surface area (Å²) in [5, 5.41) is 1.92. The maximum atomic E-state index is 13.7. The van der Waals surface area contributed by atoms with Crippen LogP contribution in [0.2, 0.25) is 0 Å². The van der Waals surface area contributed by atoms with Crippen LogP contribution in [0.1, 0.15) is 20.8 Å². The van der Waals surface area contributed by atoms with E-state index in [2.05, 4.69) is 31.9 Å². The summed E-state index contributed by atoms with van der Waals surface area (Å²) in [6.07, 6.45) is 0. The summed E-state index contributed by atoms with van der Waals surface area (Å²) in [5.41, 5.74) is 0.894. The van der Waals surface area contributed by atoms with Gasteiger partial charge in [-0.05, 0) is 45.9 Å². The highest BCUT2D eigenvalue weighted by molar-refractivity contribution is 9.11. The Labute approximate surface area is 119 Å². The summed E-state index contributed by atoms with van der Waals surface area (Å²) < 4.78 is 27.8. The van der Waals surface area contributed by atoms with Gasteiger partial charge in [-0.1, -0.05) is 15.9 Å². The van der Waals surface area contributed by atoms with E-state index in [9.17, 15) is 8.78 Å². The van der Waals surface area contributed by atoms with Gasteiger partial charge in [0.1, 0.15) is 11.6 Å². The molecule has 0 amide bonds. The molecule has 0 aliphatic carbocycles. The number of halogens is 4. The minimum atomic E-state index is -0.532. The van der Waals surface area contributed by atoms with Crippen molar-refractivity contribution in [3.05, 3.63) is 55.7 Å². The fourth-order valence-electron chi connectivity index (χ4n) is 1.50. The van der Waals surface area contributed by atoms with E-state index in [1.807, 2.05) is 11.4 Å². The van der Waals surface area contributed by atoms with E-state index in [0.29, 0.717) is 11.1 Å². The van der Waals surface area contributed by atoms with Crippen molar-refractivity contribution in [1.82, 2.24) is 0 Å². The zero-order valence-electron chi connectivity index (χ0n) is 8.81. The predicted octanol–water partition coefficient (Wildman–Crippen LogP) is 5.58. The molecule has 5 heteroatoms. The molecule has 1 aromatic heterocycles. The third-order valence-corrected chi connectivity index (χ3v) is 5.62. The summed E-state index contributed by atoms with van der Waals surface area (Å²) in [4.78, 5) is 0.700. The van der Waals surface area contributed by atoms with Crippen molar-refractivity contribution in [2.24, 2.45) is 0 Å². The average Bonchev–Trinajstić information content (AvgIpc) is 2.69. The summed E-state index contributed by atoms with van der Waals surface area (Å²) in [7, 11) is 0. The number of thiophene rings is 1.